The van der Waals surface area contributed by atoms with E-state index in [4.69, 9.17) is 0 Å². The van der Waals surface area contributed by atoms with Crippen LogP contribution in [0.15, 0.2) is 0 Å². The maximum absolute atomic E-state index is 2.58. The third-order valence-corrected chi connectivity index (χ3v) is 4.20. The minimum Gasteiger partial charge on any atom is -0.297 e. The van der Waals surface area contributed by atoms with Crippen LogP contribution in [0, 0.1) is 0 Å². The molecule has 0 N–H and O–H groups in total. The second kappa shape index (κ2) is 4.49. The SMILES string of the molecule is CN([C@H]1CCN(C(C)(C)I)C1)C(C)(C)C. The summed E-state index contributed by atoms with van der Waals surface area (Å²) >= 11 is 2.54. The molecule has 1 rings (SSSR count). The predicted molar refractivity (Wildman–Crippen MR) is 75.6 cm³/mol. The average Bonchev–Trinajstić information content (AvgIpc) is 2.47. The van der Waals surface area contributed by atoms with Crippen LogP contribution >= 0.6 is 22.6 Å². The molecule has 0 unspecified atom stereocenters. The van der Waals surface area contributed by atoms with Gasteiger partial charge in [-0.2, -0.15) is 0 Å². The van der Waals surface area contributed by atoms with Crippen molar-refractivity contribution < 1.29 is 0 Å². The second-order valence-corrected chi connectivity index (χ2v) is 8.72. The molecular formula is C12H25IN2. The van der Waals surface area contributed by atoms with Crippen molar-refractivity contribution in [2.45, 2.75) is 56.2 Å². The van der Waals surface area contributed by atoms with Crippen molar-refractivity contribution in [3.8, 4) is 0 Å². The first kappa shape index (κ1) is 13.7. The molecule has 1 aliphatic rings. The van der Waals surface area contributed by atoms with E-state index < -0.39 is 0 Å². The Hall–Kier alpha value is 0.650. The Morgan fingerprint density at radius 2 is 1.73 bits per heavy atom. The zero-order valence-electron chi connectivity index (χ0n) is 11.0. The topological polar surface area (TPSA) is 6.48 Å². The maximum Gasteiger partial charge on any atom is 0.0673 e. The van der Waals surface area contributed by atoms with Gasteiger partial charge in [-0.15, -0.1) is 0 Å². The van der Waals surface area contributed by atoms with Crippen LogP contribution in [0.1, 0.15) is 41.0 Å². The van der Waals surface area contributed by atoms with Crippen molar-refractivity contribution in [3.05, 3.63) is 0 Å². The fraction of sp³-hybridized carbons (Fsp3) is 1.00. The van der Waals surface area contributed by atoms with Gasteiger partial charge in [0.05, 0.1) is 3.55 Å². The minimum absolute atomic E-state index is 0.288. The minimum atomic E-state index is 0.288. The maximum atomic E-state index is 2.58. The summed E-state index contributed by atoms with van der Waals surface area (Å²) in [4.78, 5) is 5.11. The molecule has 1 heterocycles. The number of hydrogen-bond acceptors (Lipinski definition) is 2. The lowest BCUT2D eigenvalue weighted by atomic mass is 10.0. The van der Waals surface area contributed by atoms with E-state index in [9.17, 15) is 0 Å². The highest BCUT2D eigenvalue weighted by atomic mass is 127. The van der Waals surface area contributed by atoms with E-state index in [1.54, 1.807) is 0 Å². The lowest BCUT2D eigenvalue weighted by Gasteiger charge is -2.38. The summed E-state index contributed by atoms with van der Waals surface area (Å²) in [5.74, 6) is 0. The quantitative estimate of drug-likeness (QED) is 0.438. The van der Waals surface area contributed by atoms with Crippen molar-refractivity contribution in [1.82, 2.24) is 9.80 Å². The highest BCUT2D eigenvalue weighted by molar-refractivity contribution is 14.1. The zero-order chi connectivity index (χ0) is 11.9. The number of alkyl halides is 1. The molecule has 0 aromatic rings. The van der Waals surface area contributed by atoms with Crippen LogP contribution in [-0.2, 0) is 0 Å². The Morgan fingerprint density at radius 1 is 1.20 bits per heavy atom. The van der Waals surface area contributed by atoms with Gasteiger partial charge in [0.25, 0.3) is 0 Å². The van der Waals surface area contributed by atoms with Crippen LogP contribution in [0.25, 0.3) is 0 Å². The lowest BCUT2D eigenvalue weighted by Crippen LogP contribution is -2.47. The summed E-state index contributed by atoms with van der Waals surface area (Å²) in [5.41, 5.74) is 0.288. The van der Waals surface area contributed by atoms with E-state index in [1.807, 2.05) is 0 Å². The Balaban J connectivity index is 2.57. The van der Waals surface area contributed by atoms with Gasteiger partial charge in [0.2, 0.25) is 0 Å². The van der Waals surface area contributed by atoms with Gasteiger partial charge in [0.15, 0.2) is 0 Å². The van der Waals surface area contributed by atoms with E-state index in [2.05, 4.69) is 74.1 Å². The summed E-state index contributed by atoms with van der Waals surface area (Å²) in [6.07, 6.45) is 1.31. The molecule has 0 spiro atoms. The highest BCUT2D eigenvalue weighted by Crippen LogP contribution is 2.30. The van der Waals surface area contributed by atoms with E-state index in [-0.39, 0.29) is 5.54 Å². The number of nitrogens with zero attached hydrogens (tertiary/aromatic N) is 2. The summed E-state index contributed by atoms with van der Waals surface area (Å²) in [5, 5.41) is 0. The third kappa shape index (κ3) is 3.56. The highest BCUT2D eigenvalue weighted by Gasteiger charge is 2.35. The average molecular weight is 324 g/mol. The summed E-state index contributed by atoms with van der Waals surface area (Å²) in [6, 6.07) is 0.721. The third-order valence-electron chi connectivity index (χ3n) is 3.52. The van der Waals surface area contributed by atoms with Crippen LogP contribution in [0.5, 0.6) is 0 Å². The molecule has 3 heteroatoms. The van der Waals surface area contributed by atoms with Gasteiger partial charge >= 0.3 is 0 Å². The van der Waals surface area contributed by atoms with Gasteiger partial charge in [-0.25, -0.2) is 0 Å². The number of halogens is 1. The molecule has 90 valence electrons. The molecule has 0 aliphatic carbocycles. The normalized spacial score (nSPS) is 25.2. The van der Waals surface area contributed by atoms with Crippen LogP contribution in [0.4, 0.5) is 0 Å². The van der Waals surface area contributed by atoms with E-state index in [1.165, 1.54) is 19.5 Å². The Bertz CT molecular complexity index is 215. The van der Waals surface area contributed by atoms with Gasteiger partial charge in [-0.05, 0) is 48.1 Å². The van der Waals surface area contributed by atoms with E-state index in [0.717, 1.165) is 6.04 Å². The first-order valence-electron chi connectivity index (χ1n) is 5.79. The molecule has 1 atom stereocenters. The lowest BCUT2D eigenvalue weighted by molar-refractivity contribution is 0.114. The van der Waals surface area contributed by atoms with Gasteiger partial charge in [-0.3, -0.25) is 9.80 Å². The van der Waals surface area contributed by atoms with E-state index >= 15 is 0 Å². The van der Waals surface area contributed by atoms with Crippen molar-refractivity contribution in [3.63, 3.8) is 0 Å². The van der Waals surface area contributed by atoms with Gasteiger partial charge in [-0.1, -0.05) is 22.6 Å². The molecule has 1 fully saturated rings. The molecule has 15 heavy (non-hydrogen) atoms. The van der Waals surface area contributed by atoms with Crippen LogP contribution in [0.3, 0.4) is 0 Å². The van der Waals surface area contributed by atoms with Gasteiger partial charge in [0, 0.05) is 24.7 Å². The number of likely N-dealkylation sites (tertiary alicyclic amines) is 1. The first-order valence-corrected chi connectivity index (χ1v) is 6.87. The smallest absolute Gasteiger partial charge is 0.0673 e. The van der Waals surface area contributed by atoms with Crippen molar-refractivity contribution >= 4 is 22.6 Å². The van der Waals surface area contributed by atoms with E-state index in [0.29, 0.717) is 3.55 Å². The molecule has 0 bridgehead atoms. The van der Waals surface area contributed by atoms with Gasteiger partial charge in [0.1, 0.15) is 0 Å². The summed E-state index contributed by atoms with van der Waals surface area (Å²) < 4.78 is 0.297. The molecule has 1 saturated heterocycles. The van der Waals surface area contributed by atoms with Crippen molar-refractivity contribution in [2.24, 2.45) is 0 Å². The monoisotopic (exact) mass is 324 g/mol. The molecule has 0 amide bonds. The zero-order valence-corrected chi connectivity index (χ0v) is 13.1. The summed E-state index contributed by atoms with van der Waals surface area (Å²) in [7, 11) is 2.26. The number of likely N-dealkylation sites (N-methyl/N-ethyl adjacent to an activating group) is 1. The van der Waals surface area contributed by atoms with Crippen LogP contribution in [0.2, 0.25) is 0 Å². The van der Waals surface area contributed by atoms with Crippen molar-refractivity contribution in [1.29, 1.82) is 0 Å². The first-order chi connectivity index (χ1) is 6.62. The molecule has 0 radical (unpaired) electrons. The van der Waals surface area contributed by atoms with Crippen LogP contribution < -0.4 is 0 Å². The van der Waals surface area contributed by atoms with Crippen molar-refractivity contribution in [2.75, 3.05) is 20.1 Å². The second-order valence-electron chi connectivity index (χ2n) is 6.08. The fourth-order valence-electron chi connectivity index (χ4n) is 2.09. The standard InChI is InChI=1S/C12H25IN2/c1-11(2,3)14(6)10-7-8-15(9-10)12(4,5)13/h10H,7-9H2,1-6H3/t10-/m0/s1. The van der Waals surface area contributed by atoms with Crippen LogP contribution in [-0.4, -0.2) is 45.1 Å². The molecule has 1 aliphatic heterocycles. The fourth-order valence-corrected chi connectivity index (χ4v) is 2.53. The number of hydrogen-bond donors (Lipinski definition) is 0. The Labute approximate surface area is 109 Å². The molecular weight excluding hydrogens is 299 g/mol. The molecule has 0 aromatic carbocycles. The predicted octanol–water partition coefficient (Wildman–Crippen LogP) is 2.96. The molecule has 2 nitrogen and oxygen atoms in total. The molecule has 0 saturated carbocycles. The summed E-state index contributed by atoms with van der Waals surface area (Å²) in [6.45, 7) is 13.9. The number of rotatable bonds is 2. The molecule has 0 aromatic heterocycles. The largest absolute Gasteiger partial charge is 0.297 e. The Morgan fingerprint density at radius 3 is 2.07 bits per heavy atom. The van der Waals surface area contributed by atoms with Gasteiger partial charge < -0.3 is 0 Å². The Kier molecular flexibility index (Phi) is 4.11.